The van der Waals surface area contributed by atoms with Crippen LogP contribution in [0.15, 0.2) is 22.7 Å². The molecule has 0 radical (unpaired) electrons. The van der Waals surface area contributed by atoms with Gasteiger partial charge in [-0.2, -0.15) is 0 Å². The van der Waals surface area contributed by atoms with E-state index in [1.54, 1.807) is 12.1 Å². The van der Waals surface area contributed by atoms with E-state index in [0.717, 1.165) is 30.5 Å². The summed E-state index contributed by atoms with van der Waals surface area (Å²) in [5.41, 5.74) is 7.89. The quantitative estimate of drug-likeness (QED) is 0.857. The number of fused-ring (bicyclic) bond motifs is 1. The summed E-state index contributed by atoms with van der Waals surface area (Å²) in [4.78, 5) is 5.57. The standard InChI is InChI=1S/C13H12BrFN2S/c14-9-5-4-7(6-10(9)15)8-2-1-3-11-12(8)18-13(16)17-11/h4-6,8H,1-3H2,(H2,16,17). The van der Waals surface area contributed by atoms with E-state index in [4.69, 9.17) is 5.73 Å². The molecule has 0 saturated heterocycles. The second-order valence-electron chi connectivity index (χ2n) is 4.48. The van der Waals surface area contributed by atoms with E-state index in [1.165, 1.54) is 16.2 Å². The predicted molar refractivity (Wildman–Crippen MR) is 75.4 cm³/mol. The van der Waals surface area contributed by atoms with Crippen molar-refractivity contribution in [1.29, 1.82) is 0 Å². The molecule has 3 rings (SSSR count). The fourth-order valence-electron chi connectivity index (χ4n) is 2.49. The molecule has 5 heteroatoms. The van der Waals surface area contributed by atoms with Crippen LogP contribution in [0.25, 0.3) is 0 Å². The molecule has 0 fully saturated rings. The maximum atomic E-state index is 13.6. The summed E-state index contributed by atoms with van der Waals surface area (Å²) in [7, 11) is 0. The van der Waals surface area contributed by atoms with Crippen LogP contribution in [0.1, 0.15) is 34.9 Å². The minimum Gasteiger partial charge on any atom is -0.375 e. The van der Waals surface area contributed by atoms with Crippen LogP contribution in [0, 0.1) is 5.82 Å². The van der Waals surface area contributed by atoms with Gasteiger partial charge >= 0.3 is 0 Å². The first-order valence-corrected chi connectivity index (χ1v) is 7.46. The molecule has 18 heavy (non-hydrogen) atoms. The van der Waals surface area contributed by atoms with E-state index in [-0.39, 0.29) is 11.7 Å². The van der Waals surface area contributed by atoms with Gasteiger partial charge in [-0.1, -0.05) is 6.07 Å². The highest BCUT2D eigenvalue weighted by molar-refractivity contribution is 9.10. The Morgan fingerprint density at radius 1 is 1.44 bits per heavy atom. The van der Waals surface area contributed by atoms with E-state index in [0.29, 0.717) is 9.60 Å². The number of hydrogen-bond acceptors (Lipinski definition) is 3. The number of halogens is 2. The number of benzene rings is 1. The van der Waals surface area contributed by atoms with Crippen LogP contribution < -0.4 is 5.73 Å². The highest BCUT2D eigenvalue weighted by atomic mass is 79.9. The number of anilines is 1. The van der Waals surface area contributed by atoms with Crippen LogP contribution in [0.3, 0.4) is 0 Å². The van der Waals surface area contributed by atoms with Crippen molar-refractivity contribution in [1.82, 2.24) is 4.98 Å². The number of aromatic nitrogens is 1. The second-order valence-corrected chi connectivity index (χ2v) is 6.40. The third-order valence-electron chi connectivity index (χ3n) is 3.31. The lowest BCUT2D eigenvalue weighted by Crippen LogP contribution is -2.09. The van der Waals surface area contributed by atoms with Gasteiger partial charge in [-0.3, -0.25) is 0 Å². The van der Waals surface area contributed by atoms with Gasteiger partial charge in [-0.25, -0.2) is 9.37 Å². The van der Waals surface area contributed by atoms with Gasteiger partial charge in [0.1, 0.15) is 5.82 Å². The highest BCUT2D eigenvalue weighted by Crippen LogP contribution is 2.41. The Morgan fingerprint density at radius 3 is 3.06 bits per heavy atom. The number of aryl methyl sites for hydroxylation is 1. The number of rotatable bonds is 1. The van der Waals surface area contributed by atoms with Crippen LogP contribution in [0.5, 0.6) is 0 Å². The number of nitrogens with zero attached hydrogens (tertiary/aromatic N) is 1. The summed E-state index contributed by atoms with van der Waals surface area (Å²) < 4.78 is 14.1. The van der Waals surface area contributed by atoms with Crippen molar-refractivity contribution in [2.24, 2.45) is 0 Å². The zero-order valence-electron chi connectivity index (χ0n) is 9.62. The van der Waals surface area contributed by atoms with E-state index in [9.17, 15) is 4.39 Å². The Morgan fingerprint density at radius 2 is 2.28 bits per heavy atom. The molecule has 0 aliphatic heterocycles. The van der Waals surface area contributed by atoms with Gasteiger partial charge in [0.2, 0.25) is 0 Å². The summed E-state index contributed by atoms with van der Waals surface area (Å²) in [6.45, 7) is 0. The average Bonchev–Trinajstić information content (AvgIpc) is 2.72. The third kappa shape index (κ3) is 2.06. The number of nitrogen functional groups attached to an aromatic ring is 1. The van der Waals surface area contributed by atoms with Crippen molar-refractivity contribution in [3.8, 4) is 0 Å². The zero-order valence-corrected chi connectivity index (χ0v) is 12.0. The van der Waals surface area contributed by atoms with Crippen LogP contribution >= 0.6 is 27.3 Å². The van der Waals surface area contributed by atoms with Crippen LogP contribution in [0.2, 0.25) is 0 Å². The molecule has 1 unspecified atom stereocenters. The molecular formula is C13H12BrFN2S. The Bertz CT molecular complexity index is 597. The SMILES string of the molecule is Nc1nc2c(s1)C(c1ccc(Br)c(F)c1)CCC2. The molecule has 2 nitrogen and oxygen atoms in total. The van der Waals surface area contributed by atoms with E-state index < -0.39 is 0 Å². The minimum absolute atomic E-state index is 0.211. The monoisotopic (exact) mass is 326 g/mol. The van der Waals surface area contributed by atoms with Gasteiger partial charge in [-0.15, -0.1) is 11.3 Å². The van der Waals surface area contributed by atoms with Crippen LogP contribution in [-0.2, 0) is 6.42 Å². The molecule has 94 valence electrons. The van der Waals surface area contributed by atoms with Crippen LogP contribution in [0.4, 0.5) is 9.52 Å². The maximum Gasteiger partial charge on any atom is 0.180 e. The van der Waals surface area contributed by atoms with Crippen molar-refractivity contribution < 1.29 is 4.39 Å². The summed E-state index contributed by atoms with van der Waals surface area (Å²) in [5.74, 6) is 0.0308. The Balaban J connectivity index is 2.05. The summed E-state index contributed by atoms with van der Waals surface area (Å²) in [6.07, 6.45) is 3.10. The smallest absolute Gasteiger partial charge is 0.180 e. The van der Waals surface area contributed by atoms with Gasteiger partial charge in [0.25, 0.3) is 0 Å². The molecule has 0 bridgehead atoms. The molecule has 0 saturated carbocycles. The van der Waals surface area contributed by atoms with Crippen molar-refractivity contribution >= 4 is 32.4 Å². The summed E-state index contributed by atoms with van der Waals surface area (Å²) >= 11 is 4.72. The van der Waals surface area contributed by atoms with Gasteiger partial charge in [0.15, 0.2) is 5.13 Å². The predicted octanol–water partition coefficient (Wildman–Crippen LogP) is 4.10. The largest absolute Gasteiger partial charge is 0.375 e. The normalized spacial score (nSPS) is 18.7. The highest BCUT2D eigenvalue weighted by Gasteiger charge is 2.25. The third-order valence-corrected chi connectivity index (χ3v) is 5.00. The maximum absolute atomic E-state index is 13.6. The topological polar surface area (TPSA) is 38.9 Å². The molecule has 1 aliphatic rings. The first kappa shape index (κ1) is 12.1. The number of nitrogens with two attached hydrogens (primary N) is 1. The molecular weight excluding hydrogens is 315 g/mol. The van der Waals surface area contributed by atoms with Gasteiger partial charge < -0.3 is 5.73 Å². The van der Waals surface area contributed by atoms with E-state index in [1.807, 2.05) is 6.07 Å². The molecule has 0 amide bonds. The fraction of sp³-hybridized carbons (Fsp3) is 0.308. The summed E-state index contributed by atoms with van der Waals surface area (Å²) in [5, 5.41) is 0.615. The van der Waals surface area contributed by atoms with Gasteiger partial charge in [0, 0.05) is 10.8 Å². The first-order chi connectivity index (χ1) is 8.65. The van der Waals surface area contributed by atoms with Gasteiger partial charge in [-0.05, 0) is 52.9 Å². The lowest BCUT2D eigenvalue weighted by Gasteiger charge is -2.21. The Kier molecular flexibility index (Phi) is 3.11. The summed E-state index contributed by atoms with van der Waals surface area (Å²) in [6, 6.07) is 5.35. The fourth-order valence-corrected chi connectivity index (χ4v) is 3.78. The minimum atomic E-state index is -0.211. The van der Waals surface area contributed by atoms with Gasteiger partial charge in [0.05, 0.1) is 10.2 Å². The second kappa shape index (κ2) is 4.63. The molecule has 0 spiro atoms. The number of thiazole rings is 1. The molecule has 1 heterocycles. The molecule has 1 aromatic carbocycles. The number of hydrogen-bond donors (Lipinski definition) is 1. The van der Waals surface area contributed by atoms with Crippen molar-refractivity contribution in [3.05, 3.63) is 44.6 Å². The molecule has 1 atom stereocenters. The Hall–Kier alpha value is -0.940. The molecule has 2 N–H and O–H groups in total. The lowest BCUT2D eigenvalue weighted by atomic mass is 9.86. The van der Waals surface area contributed by atoms with Crippen molar-refractivity contribution in [2.45, 2.75) is 25.2 Å². The van der Waals surface area contributed by atoms with E-state index in [2.05, 4.69) is 20.9 Å². The van der Waals surface area contributed by atoms with Crippen molar-refractivity contribution in [3.63, 3.8) is 0 Å². The van der Waals surface area contributed by atoms with Crippen molar-refractivity contribution in [2.75, 3.05) is 5.73 Å². The first-order valence-electron chi connectivity index (χ1n) is 5.85. The average molecular weight is 327 g/mol. The zero-order chi connectivity index (χ0) is 12.7. The Labute approximate surface area is 117 Å². The lowest BCUT2D eigenvalue weighted by molar-refractivity contribution is 0.596. The van der Waals surface area contributed by atoms with E-state index >= 15 is 0 Å². The molecule has 1 aromatic heterocycles. The molecule has 1 aliphatic carbocycles. The van der Waals surface area contributed by atoms with Crippen LogP contribution in [-0.4, -0.2) is 4.98 Å². The molecule has 2 aromatic rings.